The molecule has 6 nitrogen and oxygen atoms in total. The zero-order valence-corrected chi connectivity index (χ0v) is 13.9. The van der Waals surface area contributed by atoms with E-state index in [0.717, 1.165) is 17.5 Å². The summed E-state index contributed by atoms with van der Waals surface area (Å²) in [5.41, 5.74) is 2.58. The van der Waals surface area contributed by atoms with E-state index in [1.54, 1.807) is 20.1 Å². The summed E-state index contributed by atoms with van der Waals surface area (Å²) in [6, 6.07) is 7.62. The Labute approximate surface area is 141 Å². The molecule has 1 aromatic carbocycles. The summed E-state index contributed by atoms with van der Waals surface area (Å²) < 4.78 is 20.7. The molecule has 0 N–H and O–H groups in total. The molecule has 0 saturated heterocycles. The van der Waals surface area contributed by atoms with E-state index in [0.29, 0.717) is 23.8 Å². The maximum absolute atomic E-state index is 11.2. The quantitative estimate of drug-likeness (QED) is 0.519. The van der Waals surface area contributed by atoms with Crippen molar-refractivity contribution in [3.05, 3.63) is 48.2 Å². The molecule has 128 valence electrons. The number of methoxy groups -OCH3 is 1. The minimum atomic E-state index is -0.406. The van der Waals surface area contributed by atoms with Gasteiger partial charge in [0.1, 0.15) is 24.7 Å². The Morgan fingerprint density at radius 3 is 2.92 bits per heavy atom. The third-order valence-corrected chi connectivity index (χ3v) is 3.25. The van der Waals surface area contributed by atoms with Crippen molar-refractivity contribution in [2.75, 3.05) is 20.3 Å². The van der Waals surface area contributed by atoms with Crippen LogP contribution in [-0.2, 0) is 27.3 Å². The molecular formula is C18H21NO5. The van der Waals surface area contributed by atoms with E-state index in [9.17, 15) is 4.79 Å². The summed E-state index contributed by atoms with van der Waals surface area (Å²) in [5, 5.41) is 4.05. The highest BCUT2D eigenvalue weighted by Crippen LogP contribution is 2.31. The fraction of sp³-hybridized carbons (Fsp3) is 0.333. The van der Waals surface area contributed by atoms with Crippen LogP contribution in [-0.4, -0.2) is 31.4 Å². The standard InChI is InChI=1S/C18H21NO5/c1-4-6-13-7-8-17(21-3)15(9-13)16-10-14(24-19-16)11-22-12-18(20)23-5-2/h4,7-10H,1,5-6,11-12H2,2-3H3. The van der Waals surface area contributed by atoms with E-state index in [-0.39, 0.29) is 13.2 Å². The van der Waals surface area contributed by atoms with Gasteiger partial charge in [-0.05, 0) is 31.0 Å². The lowest BCUT2D eigenvalue weighted by atomic mass is 10.0. The maximum atomic E-state index is 11.2. The zero-order chi connectivity index (χ0) is 17.4. The van der Waals surface area contributed by atoms with Crippen molar-refractivity contribution in [1.29, 1.82) is 0 Å². The van der Waals surface area contributed by atoms with Crippen molar-refractivity contribution < 1.29 is 23.5 Å². The summed E-state index contributed by atoms with van der Waals surface area (Å²) in [7, 11) is 1.61. The van der Waals surface area contributed by atoms with Gasteiger partial charge in [-0.25, -0.2) is 4.79 Å². The van der Waals surface area contributed by atoms with E-state index in [2.05, 4.69) is 11.7 Å². The topological polar surface area (TPSA) is 70.8 Å². The van der Waals surface area contributed by atoms with Gasteiger partial charge in [0.25, 0.3) is 0 Å². The van der Waals surface area contributed by atoms with E-state index in [4.69, 9.17) is 18.7 Å². The van der Waals surface area contributed by atoms with Crippen LogP contribution in [0.15, 0.2) is 41.4 Å². The molecule has 0 fully saturated rings. The third kappa shape index (κ3) is 4.70. The van der Waals surface area contributed by atoms with Crippen molar-refractivity contribution in [2.45, 2.75) is 20.0 Å². The van der Waals surface area contributed by atoms with Crippen molar-refractivity contribution in [1.82, 2.24) is 5.16 Å². The van der Waals surface area contributed by atoms with Gasteiger partial charge in [-0.1, -0.05) is 17.3 Å². The predicted molar refractivity (Wildman–Crippen MR) is 88.7 cm³/mol. The number of carbonyl (C=O) groups is 1. The highest BCUT2D eigenvalue weighted by atomic mass is 16.6. The normalized spacial score (nSPS) is 10.4. The lowest BCUT2D eigenvalue weighted by Crippen LogP contribution is -2.12. The number of benzene rings is 1. The Morgan fingerprint density at radius 1 is 1.38 bits per heavy atom. The third-order valence-electron chi connectivity index (χ3n) is 3.25. The second-order valence-electron chi connectivity index (χ2n) is 5.00. The van der Waals surface area contributed by atoms with Crippen molar-refractivity contribution in [3.8, 4) is 17.0 Å². The number of hydrogen-bond acceptors (Lipinski definition) is 6. The number of ether oxygens (including phenoxy) is 3. The molecule has 0 saturated carbocycles. The first-order valence-electron chi connectivity index (χ1n) is 7.65. The number of carbonyl (C=O) groups excluding carboxylic acids is 1. The minimum absolute atomic E-state index is 0.123. The van der Waals surface area contributed by atoms with Gasteiger partial charge in [0.2, 0.25) is 0 Å². The molecule has 0 unspecified atom stereocenters. The summed E-state index contributed by atoms with van der Waals surface area (Å²) in [6.45, 7) is 5.84. The number of rotatable bonds is 9. The largest absolute Gasteiger partial charge is 0.496 e. The molecule has 2 rings (SSSR count). The van der Waals surface area contributed by atoms with Crippen molar-refractivity contribution in [2.24, 2.45) is 0 Å². The molecule has 0 spiro atoms. The van der Waals surface area contributed by atoms with Crippen LogP contribution in [0.5, 0.6) is 5.75 Å². The molecule has 0 atom stereocenters. The van der Waals surface area contributed by atoms with Gasteiger partial charge in [0.05, 0.1) is 13.7 Å². The molecule has 2 aromatic rings. The molecule has 0 amide bonds. The van der Waals surface area contributed by atoms with E-state index < -0.39 is 5.97 Å². The predicted octanol–water partition coefficient (Wildman–Crippen LogP) is 3.16. The average molecular weight is 331 g/mol. The molecule has 0 aliphatic rings. The van der Waals surface area contributed by atoms with Crippen LogP contribution in [0.25, 0.3) is 11.3 Å². The molecule has 0 radical (unpaired) electrons. The molecule has 0 aliphatic carbocycles. The van der Waals surface area contributed by atoms with Gasteiger partial charge >= 0.3 is 5.97 Å². The number of aromatic nitrogens is 1. The zero-order valence-electron chi connectivity index (χ0n) is 13.9. The number of hydrogen-bond donors (Lipinski definition) is 0. The molecule has 24 heavy (non-hydrogen) atoms. The van der Waals surface area contributed by atoms with Crippen LogP contribution in [0.1, 0.15) is 18.2 Å². The Kier molecular flexibility index (Phi) is 6.57. The molecule has 1 heterocycles. The van der Waals surface area contributed by atoms with Crippen LogP contribution in [0, 0.1) is 0 Å². The Bertz CT molecular complexity index is 692. The van der Waals surface area contributed by atoms with Gasteiger partial charge < -0.3 is 18.7 Å². The van der Waals surface area contributed by atoms with Crippen LogP contribution < -0.4 is 4.74 Å². The Balaban J connectivity index is 2.08. The molecule has 0 aliphatic heterocycles. The first-order chi connectivity index (χ1) is 11.7. The van der Waals surface area contributed by atoms with E-state index in [1.165, 1.54) is 0 Å². The Morgan fingerprint density at radius 2 is 2.21 bits per heavy atom. The fourth-order valence-electron chi connectivity index (χ4n) is 2.19. The highest BCUT2D eigenvalue weighted by molar-refractivity contribution is 5.70. The second-order valence-corrected chi connectivity index (χ2v) is 5.00. The van der Waals surface area contributed by atoms with Crippen molar-refractivity contribution in [3.63, 3.8) is 0 Å². The summed E-state index contributed by atoms with van der Waals surface area (Å²) in [6.07, 6.45) is 2.59. The Hall–Kier alpha value is -2.60. The van der Waals surface area contributed by atoms with Crippen LogP contribution in [0.3, 0.4) is 0 Å². The molecule has 1 aromatic heterocycles. The van der Waals surface area contributed by atoms with Gasteiger partial charge in [-0.2, -0.15) is 0 Å². The minimum Gasteiger partial charge on any atom is -0.496 e. The molecule has 0 bridgehead atoms. The first kappa shape index (κ1) is 17.7. The number of nitrogens with zero attached hydrogens (tertiary/aromatic N) is 1. The molecular weight excluding hydrogens is 310 g/mol. The molecule has 6 heteroatoms. The lowest BCUT2D eigenvalue weighted by Gasteiger charge is -2.07. The van der Waals surface area contributed by atoms with E-state index >= 15 is 0 Å². The lowest BCUT2D eigenvalue weighted by molar-refractivity contribution is -0.149. The summed E-state index contributed by atoms with van der Waals surface area (Å²) >= 11 is 0. The number of esters is 1. The van der Waals surface area contributed by atoms with Gasteiger partial charge in [-0.15, -0.1) is 6.58 Å². The maximum Gasteiger partial charge on any atom is 0.332 e. The van der Waals surface area contributed by atoms with Gasteiger partial charge in [-0.3, -0.25) is 0 Å². The fourth-order valence-corrected chi connectivity index (χ4v) is 2.19. The average Bonchev–Trinajstić information content (AvgIpc) is 3.04. The summed E-state index contributed by atoms with van der Waals surface area (Å²) in [5.74, 6) is 0.816. The smallest absolute Gasteiger partial charge is 0.332 e. The van der Waals surface area contributed by atoms with Crippen LogP contribution >= 0.6 is 0 Å². The first-order valence-corrected chi connectivity index (χ1v) is 7.65. The SMILES string of the molecule is C=CCc1ccc(OC)c(-c2cc(COCC(=O)OCC)on2)c1. The summed E-state index contributed by atoms with van der Waals surface area (Å²) in [4.78, 5) is 11.2. The second kappa shape index (κ2) is 8.88. The van der Waals surface area contributed by atoms with Crippen molar-refractivity contribution >= 4 is 5.97 Å². The number of allylic oxidation sites excluding steroid dienone is 1. The monoisotopic (exact) mass is 331 g/mol. The highest BCUT2D eigenvalue weighted by Gasteiger charge is 2.13. The van der Waals surface area contributed by atoms with Gasteiger partial charge in [0, 0.05) is 11.6 Å². The van der Waals surface area contributed by atoms with Crippen LogP contribution in [0.2, 0.25) is 0 Å². The van der Waals surface area contributed by atoms with Gasteiger partial charge in [0.15, 0.2) is 5.76 Å². The van der Waals surface area contributed by atoms with Crippen LogP contribution in [0.4, 0.5) is 0 Å². The van der Waals surface area contributed by atoms with E-state index in [1.807, 2.05) is 24.3 Å².